The third kappa shape index (κ3) is 3.29. The van der Waals surface area contributed by atoms with E-state index < -0.39 is 0 Å². The molecule has 4 N–H and O–H groups in total. The number of rotatable bonds is 4. The molecule has 2 rings (SSSR count). The molecule has 0 unspecified atom stereocenters. The molecule has 1 atom stereocenters. The Kier molecular flexibility index (Phi) is 4.61. The number of nitrogens with zero attached hydrogens (tertiary/aromatic N) is 1. The van der Waals surface area contributed by atoms with Crippen LogP contribution in [-0.4, -0.2) is 35.8 Å². The highest BCUT2D eigenvalue weighted by atomic mass is 16.2. The molecule has 20 heavy (non-hydrogen) atoms. The average molecular weight is 274 g/mol. The minimum atomic E-state index is -0.311. The number of benzene rings is 1. The number of nitrogen functional groups attached to an aromatic ring is 1. The molecule has 0 bridgehead atoms. The molecular formula is C15H22N4O. The first-order chi connectivity index (χ1) is 9.59. The Morgan fingerprint density at radius 2 is 1.95 bits per heavy atom. The van der Waals surface area contributed by atoms with E-state index >= 15 is 0 Å². The molecule has 0 radical (unpaired) electrons. The average Bonchev–Trinajstić information content (AvgIpc) is 2.47. The number of nitrogens with one attached hydrogen (secondary N) is 2. The maximum Gasteiger partial charge on any atom is 0.244 e. The minimum absolute atomic E-state index is 0.00530. The van der Waals surface area contributed by atoms with Gasteiger partial charge in [-0.25, -0.2) is 0 Å². The fourth-order valence-corrected chi connectivity index (χ4v) is 2.53. The molecule has 0 spiro atoms. The lowest BCUT2D eigenvalue weighted by molar-refractivity contribution is -0.132. The van der Waals surface area contributed by atoms with Crippen molar-refractivity contribution >= 4 is 17.4 Å². The smallest absolute Gasteiger partial charge is 0.244 e. The highest BCUT2D eigenvalue weighted by Gasteiger charge is 2.22. The zero-order valence-electron chi connectivity index (χ0n) is 11.9. The van der Waals surface area contributed by atoms with Crippen LogP contribution in [0.4, 0.5) is 5.69 Å². The summed E-state index contributed by atoms with van der Waals surface area (Å²) in [4.78, 5) is 14.3. The van der Waals surface area contributed by atoms with E-state index in [9.17, 15) is 4.79 Å². The molecule has 1 aliphatic rings. The van der Waals surface area contributed by atoms with Crippen LogP contribution in [0.15, 0.2) is 24.3 Å². The Balaban J connectivity index is 2.05. The Bertz CT molecular complexity index is 494. The van der Waals surface area contributed by atoms with E-state index in [4.69, 9.17) is 11.1 Å². The summed E-state index contributed by atoms with van der Waals surface area (Å²) in [5.74, 6) is 0.119. The Hall–Kier alpha value is -2.04. The summed E-state index contributed by atoms with van der Waals surface area (Å²) < 4.78 is 0. The zero-order valence-corrected chi connectivity index (χ0v) is 11.9. The number of carbonyl (C=O) groups is 1. The Labute approximate surface area is 119 Å². The van der Waals surface area contributed by atoms with Crippen molar-refractivity contribution in [2.24, 2.45) is 5.73 Å². The third-order valence-electron chi connectivity index (χ3n) is 3.63. The number of amides is 1. The highest BCUT2D eigenvalue weighted by molar-refractivity contribution is 6.00. The second-order valence-electron chi connectivity index (χ2n) is 5.21. The van der Waals surface area contributed by atoms with E-state index in [1.54, 1.807) is 6.07 Å². The van der Waals surface area contributed by atoms with Gasteiger partial charge in [0.05, 0.1) is 0 Å². The number of para-hydroxylation sites is 1. The lowest BCUT2D eigenvalue weighted by atomic mass is 10.1. The monoisotopic (exact) mass is 274 g/mol. The zero-order chi connectivity index (χ0) is 14.5. The lowest BCUT2D eigenvalue weighted by Crippen LogP contribution is -2.44. The molecule has 0 saturated carbocycles. The lowest BCUT2D eigenvalue weighted by Gasteiger charge is -2.30. The molecule has 5 nitrogen and oxygen atoms in total. The minimum Gasteiger partial charge on any atom is -0.384 e. The van der Waals surface area contributed by atoms with Gasteiger partial charge in [0, 0.05) is 24.3 Å². The summed E-state index contributed by atoms with van der Waals surface area (Å²) in [6, 6.07) is 7.01. The van der Waals surface area contributed by atoms with Gasteiger partial charge in [0.1, 0.15) is 11.9 Å². The second-order valence-corrected chi connectivity index (χ2v) is 5.21. The van der Waals surface area contributed by atoms with Crippen LogP contribution in [-0.2, 0) is 4.79 Å². The van der Waals surface area contributed by atoms with Crippen LogP contribution >= 0.6 is 0 Å². The van der Waals surface area contributed by atoms with E-state index in [1.807, 2.05) is 30.0 Å². The highest BCUT2D eigenvalue weighted by Crippen LogP contribution is 2.17. The van der Waals surface area contributed by atoms with Gasteiger partial charge in [0.15, 0.2) is 0 Å². The SMILES string of the molecule is C[C@H](Nc1ccccc1C(=N)N)C(=O)N1CCCCC1. The van der Waals surface area contributed by atoms with Crippen molar-refractivity contribution < 1.29 is 4.79 Å². The topological polar surface area (TPSA) is 82.2 Å². The van der Waals surface area contributed by atoms with Crippen LogP contribution in [0.1, 0.15) is 31.7 Å². The largest absolute Gasteiger partial charge is 0.384 e. The normalized spacial score (nSPS) is 16.6. The van der Waals surface area contributed by atoms with Crippen LogP contribution in [0, 0.1) is 5.41 Å². The maximum absolute atomic E-state index is 12.4. The number of nitrogens with two attached hydrogens (primary N) is 1. The van der Waals surface area contributed by atoms with Gasteiger partial charge in [0.2, 0.25) is 5.91 Å². The van der Waals surface area contributed by atoms with Crippen LogP contribution in [0.3, 0.4) is 0 Å². The molecule has 1 amide bonds. The molecule has 1 aromatic rings. The maximum atomic E-state index is 12.4. The summed E-state index contributed by atoms with van der Waals surface area (Å²) in [6.07, 6.45) is 3.38. The summed E-state index contributed by atoms with van der Waals surface area (Å²) >= 11 is 0. The van der Waals surface area contributed by atoms with Crippen molar-refractivity contribution in [3.63, 3.8) is 0 Å². The van der Waals surface area contributed by atoms with E-state index in [2.05, 4.69) is 5.32 Å². The van der Waals surface area contributed by atoms with E-state index in [1.165, 1.54) is 6.42 Å². The standard InChI is InChI=1S/C15H22N4O/c1-11(15(20)19-9-5-2-6-10-19)18-13-8-4-3-7-12(13)14(16)17/h3-4,7-8,11,18H,2,5-6,9-10H2,1H3,(H3,16,17)/t11-/m0/s1. The van der Waals surface area contributed by atoms with E-state index in [-0.39, 0.29) is 17.8 Å². The fourth-order valence-electron chi connectivity index (χ4n) is 2.53. The van der Waals surface area contributed by atoms with E-state index in [0.29, 0.717) is 5.56 Å². The van der Waals surface area contributed by atoms with Gasteiger partial charge >= 0.3 is 0 Å². The summed E-state index contributed by atoms with van der Waals surface area (Å²) in [6.45, 7) is 3.55. The van der Waals surface area contributed by atoms with Crippen molar-refractivity contribution in [3.8, 4) is 0 Å². The fraction of sp³-hybridized carbons (Fsp3) is 0.467. The molecule has 1 aromatic carbocycles. The molecular weight excluding hydrogens is 252 g/mol. The number of carbonyl (C=O) groups excluding carboxylic acids is 1. The van der Waals surface area contributed by atoms with Gasteiger partial charge in [0.25, 0.3) is 0 Å². The Morgan fingerprint density at radius 1 is 1.30 bits per heavy atom. The van der Waals surface area contributed by atoms with Crippen molar-refractivity contribution in [3.05, 3.63) is 29.8 Å². The van der Waals surface area contributed by atoms with Crippen LogP contribution < -0.4 is 11.1 Å². The Morgan fingerprint density at radius 3 is 2.60 bits per heavy atom. The molecule has 0 aromatic heterocycles. The van der Waals surface area contributed by atoms with Crippen LogP contribution in [0.25, 0.3) is 0 Å². The van der Waals surface area contributed by atoms with Crippen LogP contribution in [0.2, 0.25) is 0 Å². The summed E-state index contributed by atoms with van der Waals surface area (Å²) in [5.41, 5.74) is 6.92. The summed E-state index contributed by atoms with van der Waals surface area (Å²) in [5, 5.41) is 10.7. The number of piperidine rings is 1. The molecule has 1 heterocycles. The van der Waals surface area contributed by atoms with Gasteiger partial charge in [-0.3, -0.25) is 10.2 Å². The van der Waals surface area contributed by atoms with Crippen molar-refractivity contribution in [1.29, 1.82) is 5.41 Å². The van der Waals surface area contributed by atoms with Gasteiger partial charge in [-0.05, 0) is 38.3 Å². The van der Waals surface area contributed by atoms with Crippen molar-refractivity contribution in [1.82, 2.24) is 4.90 Å². The number of anilines is 1. The van der Waals surface area contributed by atoms with Crippen LogP contribution in [0.5, 0.6) is 0 Å². The van der Waals surface area contributed by atoms with Gasteiger partial charge in [-0.2, -0.15) is 0 Å². The van der Waals surface area contributed by atoms with E-state index in [0.717, 1.165) is 31.6 Å². The first-order valence-electron chi connectivity index (χ1n) is 7.08. The molecule has 0 aliphatic carbocycles. The molecule has 1 saturated heterocycles. The summed E-state index contributed by atoms with van der Waals surface area (Å²) in [7, 11) is 0. The first-order valence-corrected chi connectivity index (χ1v) is 7.08. The number of hydrogen-bond donors (Lipinski definition) is 3. The van der Waals surface area contributed by atoms with Crippen molar-refractivity contribution in [2.75, 3.05) is 18.4 Å². The van der Waals surface area contributed by atoms with Gasteiger partial charge < -0.3 is 16.0 Å². The molecule has 5 heteroatoms. The van der Waals surface area contributed by atoms with Crippen molar-refractivity contribution in [2.45, 2.75) is 32.2 Å². The quantitative estimate of drug-likeness (QED) is 0.578. The first kappa shape index (κ1) is 14.4. The third-order valence-corrected chi connectivity index (χ3v) is 3.63. The van der Waals surface area contributed by atoms with Gasteiger partial charge in [-0.15, -0.1) is 0 Å². The predicted molar refractivity (Wildman–Crippen MR) is 81.0 cm³/mol. The number of amidine groups is 1. The molecule has 1 fully saturated rings. The van der Waals surface area contributed by atoms with Gasteiger partial charge in [-0.1, -0.05) is 12.1 Å². The number of likely N-dealkylation sites (tertiary alicyclic amines) is 1. The molecule has 1 aliphatic heterocycles. The second kappa shape index (κ2) is 6.41. The number of hydrogen-bond acceptors (Lipinski definition) is 3. The molecule has 108 valence electrons. The predicted octanol–water partition coefficient (Wildman–Crippen LogP) is 1.78.